The second-order valence-electron chi connectivity index (χ2n) is 3.60. The summed E-state index contributed by atoms with van der Waals surface area (Å²) in [5.41, 5.74) is 0.286. The molecule has 2 N–H and O–H groups in total. The lowest BCUT2D eigenvalue weighted by Gasteiger charge is -2.11. The molecule has 0 aromatic heterocycles. The van der Waals surface area contributed by atoms with E-state index >= 15 is 0 Å². The van der Waals surface area contributed by atoms with Gasteiger partial charge in [0.15, 0.2) is 0 Å². The third kappa shape index (κ3) is 4.59. The number of benzene rings is 1. The van der Waals surface area contributed by atoms with Crippen LogP contribution in [0.25, 0.3) is 0 Å². The summed E-state index contributed by atoms with van der Waals surface area (Å²) in [6.07, 6.45) is 0.522. The zero-order valence-corrected chi connectivity index (χ0v) is 13.5. The number of anilines is 1. The predicted octanol–water partition coefficient (Wildman–Crippen LogP) is 3.11. The molecule has 0 aliphatic rings. The van der Waals surface area contributed by atoms with Gasteiger partial charge in [0.1, 0.15) is 0 Å². The Morgan fingerprint density at radius 2 is 1.94 bits per heavy atom. The molecule has 0 saturated heterocycles. The number of nitrogens with one attached hydrogen (secondary N) is 2. The number of sulfonamides is 1. The van der Waals surface area contributed by atoms with Gasteiger partial charge in [-0.25, -0.2) is 8.42 Å². The molecule has 18 heavy (non-hydrogen) atoms. The fourth-order valence-electron chi connectivity index (χ4n) is 1.26. The van der Waals surface area contributed by atoms with Crippen molar-refractivity contribution in [1.82, 2.24) is 5.32 Å². The number of halogens is 3. The molecule has 0 spiro atoms. The van der Waals surface area contributed by atoms with Crippen molar-refractivity contribution in [2.24, 2.45) is 0 Å². The van der Waals surface area contributed by atoms with Gasteiger partial charge in [0.25, 0.3) is 0 Å². The molecule has 1 aromatic rings. The highest BCUT2D eigenvalue weighted by Crippen LogP contribution is 2.36. The normalized spacial score (nSPS) is 11.6. The fraction of sp³-hybridized carbons (Fsp3) is 0.400. The van der Waals surface area contributed by atoms with Crippen molar-refractivity contribution < 1.29 is 8.42 Å². The monoisotopic (exact) mass is 374 g/mol. The van der Waals surface area contributed by atoms with E-state index in [1.54, 1.807) is 19.2 Å². The average molecular weight is 376 g/mol. The van der Waals surface area contributed by atoms with E-state index in [9.17, 15) is 8.42 Å². The fourth-order valence-corrected chi connectivity index (χ4v) is 3.27. The highest BCUT2D eigenvalue weighted by Gasteiger charge is 2.14. The Morgan fingerprint density at radius 3 is 2.56 bits per heavy atom. The first-order valence-corrected chi connectivity index (χ1v) is 8.36. The minimum atomic E-state index is -3.41. The van der Waals surface area contributed by atoms with Crippen LogP contribution in [-0.4, -0.2) is 27.8 Å². The molecular formula is C10H13BrCl2N2O2S. The molecule has 1 aromatic carbocycles. The van der Waals surface area contributed by atoms with E-state index < -0.39 is 10.0 Å². The summed E-state index contributed by atoms with van der Waals surface area (Å²) in [6, 6.07) is 3.20. The molecular weight excluding hydrogens is 363 g/mol. The summed E-state index contributed by atoms with van der Waals surface area (Å²) in [7, 11) is -1.64. The summed E-state index contributed by atoms with van der Waals surface area (Å²) in [4.78, 5) is 0. The molecule has 0 aliphatic carbocycles. The van der Waals surface area contributed by atoms with E-state index in [1.165, 1.54) is 0 Å². The van der Waals surface area contributed by atoms with Crippen LogP contribution in [0.15, 0.2) is 16.6 Å². The first-order valence-electron chi connectivity index (χ1n) is 5.16. The van der Waals surface area contributed by atoms with E-state index in [1.807, 2.05) is 0 Å². The van der Waals surface area contributed by atoms with Gasteiger partial charge < -0.3 is 5.32 Å². The number of rotatable bonds is 6. The van der Waals surface area contributed by atoms with Gasteiger partial charge in [0, 0.05) is 4.47 Å². The molecule has 102 valence electrons. The van der Waals surface area contributed by atoms with Crippen LogP contribution >= 0.6 is 39.1 Å². The van der Waals surface area contributed by atoms with Crippen molar-refractivity contribution >= 4 is 54.8 Å². The molecule has 0 saturated carbocycles. The summed E-state index contributed by atoms with van der Waals surface area (Å²) in [5.74, 6) is 0.0256. The largest absolute Gasteiger partial charge is 0.320 e. The van der Waals surface area contributed by atoms with Crippen LogP contribution in [0.4, 0.5) is 5.69 Å². The van der Waals surface area contributed by atoms with Gasteiger partial charge in [-0.1, -0.05) is 23.2 Å². The number of hydrogen-bond donors (Lipinski definition) is 2. The van der Waals surface area contributed by atoms with Crippen molar-refractivity contribution in [3.05, 3.63) is 26.7 Å². The van der Waals surface area contributed by atoms with Gasteiger partial charge in [-0.3, -0.25) is 4.72 Å². The van der Waals surface area contributed by atoms with E-state index in [0.717, 1.165) is 0 Å². The Balaban J connectivity index is 2.82. The SMILES string of the molecule is CNCCCS(=O)(=O)Nc1ccc(Br)c(Cl)c1Cl. The average Bonchev–Trinajstić information content (AvgIpc) is 2.30. The molecule has 8 heteroatoms. The zero-order chi connectivity index (χ0) is 13.8. The lowest BCUT2D eigenvalue weighted by molar-refractivity contribution is 0.597. The van der Waals surface area contributed by atoms with E-state index in [-0.39, 0.29) is 21.5 Å². The minimum Gasteiger partial charge on any atom is -0.320 e. The quantitative estimate of drug-likeness (QED) is 0.593. The maximum Gasteiger partial charge on any atom is 0.232 e. The highest BCUT2D eigenvalue weighted by atomic mass is 79.9. The van der Waals surface area contributed by atoms with Crippen molar-refractivity contribution in [3.63, 3.8) is 0 Å². The van der Waals surface area contributed by atoms with Gasteiger partial charge in [0.05, 0.1) is 21.5 Å². The van der Waals surface area contributed by atoms with Crippen molar-refractivity contribution in [3.8, 4) is 0 Å². The number of hydrogen-bond acceptors (Lipinski definition) is 3. The second-order valence-corrected chi connectivity index (χ2v) is 7.05. The molecule has 0 bridgehead atoms. The van der Waals surface area contributed by atoms with Gasteiger partial charge in [-0.15, -0.1) is 0 Å². The predicted molar refractivity (Wildman–Crippen MR) is 80.1 cm³/mol. The van der Waals surface area contributed by atoms with Gasteiger partial charge >= 0.3 is 0 Å². The van der Waals surface area contributed by atoms with Crippen LogP contribution < -0.4 is 10.0 Å². The van der Waals surface area contributed by atoms with Crippen LogP contribution in [0.3, 0.4) is 0 Å². The Labute approximate surface area is 125 Å². The van der Waals surface area contributed by atoms with Crippen LogP contribution in [0.5, 0.6) is 0 Å². The molecule has 0 unspecified atom stereocenters. The zero-order valence-electron chi connectivity index (χ0n) is 9.63. The van der Waals surface area contributed by atoms with E-state index in [2.05, 4.69) is 26.0 Å². The first-order chi connectivity index (χ1) is 8.37. The summed E-state index contributed by atoms with van der Waals surface area (Å²) < 4.78 is 26.6. The van der Waals surface area contributed by atoms with E-state index in [0.29, 0.717) is 17.4 Å². The summed E-state index contributed by atoms with van der Waals surface area (Å²) in [6.45, 7) is 0.635. The van der Waals surface area contributed by atoms with Gasteiger partial charge in [0.2, 0.25) is 10.0 Å². The molecule has 0 fully saturated rings. The van der Waals surface area contributed by atoms with Crippen LogP contribution in [0.2, 0.25) is 10.0 Å². The Hall–Kier alpha value is -0.0100. The first kappa shape index (κ1) is 16.0. The van der Waals surface area contributed by atoms with Gasteiger partial charge in [-0.05, 0) is 48.1 Å². The molecule has 0 amide bonds. The topological polar surface area (TPSA) is 58.2 Å². The third-order valence-corrected chi connectivity index (χ3v) is 5.27. The lowest BCUT2D eigenvalue weighted by atomic mass is 10.3. The Kier molecular flexibility index (Phi) is 6.20. The second kappa shape index (κ2) is 6.96. The smallest absolute Gasteiger partial charge is 0.232 e. The lowest BCUT2D eigenvalue weighted by Crippen LogP contribution is -2.20. The Morgan fingerprint density at radius 1 is 1.28 bits per heavy atom. The van der Waals surface area contributed by atoms with Crippen molar-refractivity contribution in [2.45, 2.75) is 6.42 Å². The third-order valence-electron chi connectivity index (χ3n) is 2.14. The highest BCUT2D eigenvalue weighted by molar-refractivity contribution is 9.10. The summed E-state index contributed by atoms with van der Waals surface area (Å²) >= 11 is 15.1. The van der Waals surface area contributed by atoms with Crippen LogP contribution in [-0.2, 0) is 10.0 Å². The molecule has 0 heterocycles. The van der Waals surface area contributed by atoms with Crippen molar-refractivity contribution in [1.29, 1.82) is 0 Å². The maximum atomic E-state index is 11.8. The van der Waals surface area contributed by atoms with Crippen molar-refractivity contribution in [2.75, 3.05) is 24.1 Å². The molecule has 0 aliphatic heterocycles. The maximum absolute atomic E-state index is 11.8. The molecule has 1 rings (SSSR count). The molecule has 0 atom stereocenters. The van der Waals surface area contributed by atoms with E-state index in [4.69, 9.17) is 23.2 Å². The Bertz CT molecular complexity index is 523. The minimum absolute atomic E-state index is 0.0256. The molecule has 0 radical (unpaired) electrons. The molecule has 4 nitrogen and oxygen atoms in total. The standard InChI is InChI=1S/C10H13BrCl2N2O2S/c1-14-5-2-6-18(16,17)15-8-4-3-7(11)9(12)10(8)13/h3-4,14-15H,2,5-6H2,1H3. The van der Waals surface area contributed by atoms with Crippen LogP contribution in [0, 0.1) is 0 Å². The summed E-state index contributed by atoms with van der Waals surface area (Å²) in [5, 5.41) is 3.35. The van der Waals surface area contributed by atoms with Crippen LogP contribution in [0.1, 0.15) is 6.42 Å². The van der Waals surface area contributed by atoms with Gasteiger partial charge in [-0.2, -0.15) is 0 Å².